The van der Waals surface area contributed by atoms with Crippen LogP contribution in [0, 0.1) is 10.1 Å². The molecule has 1 aliphatic heterocycles. The molecule has 0 atom stereocenters. The van der Waals surface area contributed by atoms with Gasteiger partial charge in [-0.3, -0.25) is 14.3 Å². The number of anilines is 1. The predicted molar refractivity (Wildman–Crippen MR) is 99.7 cm³/mol. The first-order valence-electron chi connectivity index (χ1n) is 8.25. The molecule has 10 heteroatoms. The fraction of sp³-hybridized carbons (Fsp3) is 0.235. The van der Waals surface area contributed by atoms with E-state index in [1.807, 2.05) is 6.07 Å². The van der Waals surface area contributed by atoms with E-state index < -0.39 is 15.7 Å². The molecule has 0 bridgehead atoms. The van der Waals surface area contributed by atoms with Gasteiger partial charge in [0.15, 0.2) is 0 Å². The zero-order valence-corrected chi connectivity index (χ0v) is 15.0. The van der Waals surface area contributed by atoms with Crippen molar-refractivity contribution in [3.8, 4) is 22.8 Å². The van der Waals surface area contributed by atoms with Crippen molar-refractivity contribution in [2.45, 2.75) is 0 Å². The van der Waals surface area contributed by atoms with E-state index in [1.165, 1.54) is 12.1 Å². The Labute approximate surface area is 156 Å². The zero-order valence-electron chi connectivity index (χ0n) is 14.1. The smallest absolute Gasteiger partial charge is 0.270 e. The highest BCUT2D eigenvalue weighted by Crippen LogP contribution is 2.26. The number of non-ortho nitro benzene ring substituents is 1. The minimum absolute atomic E-state index is 0.0408. The van der Waals surface area contributed by atoms with Gasteiger partial charge in [0.1, 0.15) is 5.82 Å². The lowest BCUT2D eigenvalue weighted by atomic mass is 10.2. The number of pyridine rings is 1. The molecule has 9 nitrogen and oxygen atoms in total. The van der Waals surface area contributed by atoms with E-state index in [0.717, 1.165) is 11.4 Å². The van der Waals surface area contributed by atoms with Gasteiger partial charge in [0.25, 0.3) is 11.6 Å². The number of aromatic nitrogens is 3. The van der Waals surface area contributed by atoms with E-state index in [0.29, 0.717) is 36.0 Å². The van der Waals surface area contributed by atoms with Gasteiger partial charge in [-0.15, -0.1) is 0 Å². The van der Waals surface area contributed by atoms with E-state index >= 15 is 0 Å². The van der Waals surface area contributed by atoms with Gasteiger partial charge < -0.3 is 9.42 Å². The summed E-state index contributed by atoms with van der Waals surface area (Å²) in [4.78, 5) is 21.3. The van der Waals surface area contributed by atoms with Crippen LogP contribution in [0.1, 0.15) is 0 Å². The van der Waals surface area contributed by atoms with Gasteiger partial charge in [-0.2, -0.15) is 4.98 Å². The average molecular weight is 385 g/mol. The number of benzene rings is 1. The normalized spacial score (nSPS) is 15.0. The van der Waals surface area contributed by atoms with Crippen molar-refractivity contribution in [1.29, 1.82) is 0 Å². The molecule has 0 unspecified atom stereocenters. The molecule has 138 valence electrons. The summed E-state index contributed by atoms with van der Waals surface area (Å²) in [5.74, 6) is 2.61. The molecule has 27 heavy (non-hydrogen) atoms. The second-order valence-electron chi connectivity index (χ2n) is 5.97. The maximum absolute atomic E-state index is 11.5. The molecule has 0 N–H and O–H groups in total. The Balaban J connectivity index is 1.60. The summed E-state index contributed by atoms with van der Waals surface area (Å²) in [5.41, 5.74) is 1.17. The van der Waals surface area contributed by atoms with Crippen LogP contribution < -0.4 is 4.90 Å². The largest absolute Gasteiger partial charge is 0.355 e. The highest BCUT2D eigenvalue weighted by atomic mass is 32.2. The maximum atomic E-state index is 11.5. The molecular weight excluding hydrogens is 370 g/mol. The predicted octanol–water partition coefficient (Wildman–Crippen LogP) is 2.28. The van der Waals surface area contributed by atoms with Crippen molar-refractivity contribution in [3.63, 3.8) is 0 Å². The lowest BCUT2D eigenvalue weighted by Crippen LogP contribution is -2.38. The quantitative estimate of drug-likeness (QED) is 0.496. The van der Waals surface area contributed by atoms with Crippen LogP contribution in [0.25, 0.3) is 22.8 Å². The highest BCUT2D eigenvalue weighted by Gasteiger charge is 2.18. The van der Waals surface area contributed by atoms with E-state index in [4.69, 9.17) is 4.52 Å². The van der Waals surface area contributed by atoms with E-state index in [9.17, 15) is 14.3 Å². The lowest BCUT2D eigenvalue weighted by molar-refractivity contribution is -0.384. The standard InChI is InChI=1S/C17H15N5O4S/c23-22(24)14-3-1-2-13(10-14)17-19-16(20-26-17)12-4-5-18-15(11-12)21-6-8-27(25)9-7-21/h1-5,10-11H,6-9H2. The van der Waals surface area contributed by atoms with Crippen LogP contribution in [0.3, 0.4) is 0 Å². The Morgan fingerprint density at radius 3 is 2.74 bits per heavy atom. The van der Waals surface area contributed by atoms with Crippen molar-refractivity contribution < 1.29 is 13.7 Å². The van der Waals surface area contributed by atoms with Gasteiger partial charge in [0.2, 0.25) is 5.82 Å². The summed E-state index contributed by atoms with van der Waals surface area (Å²) < 4.78 is 16.8. The molecule has 2 aromatic heterocycles. The third kappa shape index (κ3) is 3.70. The molecule has 1 aromatic carbocycles. The summed E-state index contributed by atoms with van der Waals surface area (Å²) in [5, 5.41) is 14.9. The third-order valence-corrected chi connectivity index (χ3v) is 5.51. The Morgan fingerprint density at radius 1 is 1.15 bits per heavy atom. The number of nitro groups is 1. The fourth-order valence-corrected chi connectivity index (χ4v) is 3.86. The van der Waals surface area contributed by atoms with Crippen molar-refractivity contribution in [2.24, 2.45) is 0 Å². The number of hydrogen-bond donors (Lipinski definition) is 0. The van der Waals surface area contributed by atoms with Crippen molar-refractivity contribution in [2.75, 3.05) is 29.5 Å². The van der Waals surface area contributed by atoms with Crippen molar-refractivity contribution in [3.05, 3.63) is 52.7 Å². The summed E-state index contributed by atoms with van der Waals surface area (Å²) in [6, 6.07) is 9.67. The lowest BCUT2D eigenvalue weighted by Gasteiger charge is -2.27. The Morgan fingerprint density at radius 2 is 1.96 bits per heavy atom. The minimum Gasteiger partial charge on any atom is -0.355 e. The second-order valence-corrected chi connectivity index (χ2v) is 7.66. The molecule has 0 saturated carbocycles. The molecule has 0 spiro atoms. The molecule has 0 aliphatic carbocycles. The molecular formula is C17H15N5O4S. The monoisotopic (exact) mass is 385 g/mol. The minimum atomic E-state index is -0.756. The highest BCUT2D eigenvalue weighted by molar-refractivity contribution is 7.85. The van der Waals surface area contributed by atoms with E-state index in [2.05, 4.69) is 20.0 Å². The molecule has 4 rings (SSSR count). The topological polar surface area (TPSA) is 115 Å². The molecule has 3 aromatic rings. The average Bonchev–Trinajstić information content (AvgIpc) is 3.19. The van der Waals surface area contributed by atoms with E-state index in [1.54, 1.807) is 24.4 Å². The Bertz CT molecular complexity index is 1010. The van der Waals surface area contributed by atoms with Gasteiger partial charge in [0, 0.05) is 64.9 Å². The first-order valence-corrected chi connectivity index (χ1v) is 9.74. The van der Waals surface area contributed by atoms with Gasteiger partial charge in [0.05, 0.1) is 4.92 Å². The van der Waals surface area contributed by atoms with Crippen LogP contribution in [0.2, 0.25) is 0 Å². The van der Waals surface area contributed by atoms with Gasteiger partial charge >= 0.3 is 0 Å². The van der Waals surface area contributed by atoms with Crippen LogP contribution in [-0.2, 0) is 10.8 Å². The Kier molecular flexibility index (Phi) is 4.63. The van der Waals surface area contributed by atoms with Crippen LogP contribution in [-0.4, -0.2) is 48.9 Å². The zero-order chi connectivity index (χ0) is 18.8. The van der Waals surface area contributed by atoms with Crippen LogP contribution in [0.15, 0.2) is 47.1 Å². The summed E-state index contributed by atoms with van der Waals surface area (Å²) in [6.07, 6.45) is 1.67. The number of nitro benzene ring substituents is 1. The summed E-state index contributed by atoms with van der Waals surface area (Å²) in [7, 11) is -0.756. The molecule has 1 aliphatic rings. The second kappa shape index (κ2) is 7.23. The van der Waals surface area contributed by atoms with E-state index in [-0.39, 0.29) is 11.6 Å². The SMILES string of the molecule is O=[N+]([O-])c1cccc(-c2nc(-c3ccnc(N4CCS(=O)CC4)c3)no2)c1. The number of rotatable bonds is 4. The van der Waals surface area contributed by atoms with Gasteiger partial charge in [-0.25, -0.2) is 4.98 Å². The molecule has 1 fully saturated rings. The van der Waals surface area contributed by atoms with Crippen molar-refractivity contribution >= 4 is 22.3 Å². The van der Waals surface area contributed by atoms with Gasteiger partial charge in [-0.05, 0) is 18.2 Å². The third-order valence-electron chi connectivity index (χ3n) is 4.24. The Hall–Kier alpha value is -3.14. The first kappa shape index (κ1) is 17.3. The van der Waals surface area contributed by atoms with Gasteiger partial charge in [-0.1, -0.05) is 11.2 Å². The summed E-state index contributed by atoms with van der Waals surface area (Å²) >= 11 is 0. The fourth-order valence-electron chi connectivity index (χ4n) is 2.81. The van der Waals surface area contributed by atoms with Crippen LogP contribution in [0.5, 0.6) is 0 Å². The number of nitrogens with zero attached hydrogens (tertiary/aromatic N) is 5. The van der Waals surface area contributed by atoms with Crippen LogP contribution >= 0.6 is 0 Å². The maximum Gasteiger partial charge on any atom is 0.270 e. The molecule has 0 radical (unpaired) electrons. The van der Waals surface area contributed by atoms with Crippen molar-refractivity contribution in [1.82, 2.24) is 15.1 Å². The first-order chi connectivity index (χ1) is 13.1. The molecule has 0 amide bonds. The molecule has 3 heterocycles. The summed E-state index contributed by atoms with van der Waals surface area (Å²) in [6.45, 7) is 1.38. The molecule has 1 saturated heterocycles. The van der Waals surface area contributed by atoms with Crippen LogP contribution in [0.4, 0.5) is 11.5 Å². The number of hydrogen-bond acceptors (Lipinski definition) is 8.